The summed E-state index contributed by atoms with van der Waals surface area (Å²) in [6.45, 7) is -2.33. The van der Waals surface area contributed by atoms with Crippen LogP contribution in [0.2, 0.25) is 0 Å². The van der Waals surface area contributed by atoms with Crippen LogP contribution in [0.5, 0.6) is 5.75 Å². The Morgan fingerprint density at radius 3 is 2.79 bits per heavy atom. The molecule has 2 aromatic carbocycles. The summed E-state index contributed by atoms with van der Waals surface area (Å²) in [4.78, 5) is 4.26. The van der Waals surface area contributed by atoms with E-state index in [4.69, 9.17) is 4.74 Å². The number of nitriles is 1. The van der Waals surface area contributed by atoms with Gasteiger partial charge >= 0.3 is 6.61 Å². The average molecular weight is 395 g/mol. The molecule has 1 aliphatic heterocycles. The van der Waals surface area contributed by atoms with Crippen LogP contribution in [-0.2, 0) is 4.74 Å². The van der Waals surface area contributed by atoms with E-state index in [-0.39, 0.29) is 17.9 Å². The van der Waals surface area contributed by atoms with Crippen molar-refractivity contribution in [2.45, 2.75) is 31.6 Å². The number of halogens is 2. The molecular weight excluding hydrogens is 376 g/mol. The average Bonchev–Trinajstić information content (AvgIpc) is 2.74. The fourth-order valence-corrected chi connectivity index (χ4v) is 3.62. The number of anilines is 1. The van der Waals surface area contributed by atoms with Crippen molar-refractivity contribution in [2.24, 2.45) is 0 Å². The van der Waals surface area contributed by atoms with Gasteiger partial charge < -0.3 is 14.8 Å². The second kappa shape index (κ2) is 8.41. The highest BCUT2D eigenvalue weighted by Crippen LogP contribution is 2.34. The second-order valence-electron chi connectivity index (χ2n) is 6.85. The van der Waals surface area contributed by atoms with Crippen molar-refractivity contribution < 1.29 is 18.3 Å². The number of nitrogens with one attached hydrogen (secondary N) is 1. The Morgan fingerprint density at radius 2 is 2.03 bits per heavy atom. The number of nitrogens with zero attached hydrogens (tertiary/aromatic N) is 2. The van der Waals surface area contributed by atoms with Gasteiger partial charge in [-0.05, 0) is 36.6 Å². The minimum Gasteiger partial charge on any atom is -0.435 e. The van der Waals surface area contributed by atoms with Crippen LogP contribution in [0.4, 0.5) is 14.5 Å². The van der Waals surface area contributed by atoms with Crippen molar-refractivity contribution >= 4 is 16.6 Å². The van der Waals surface area contributed by atoms with Crippen molar-refractivity contribution in [3.05, 3.63) is 65.9 Å². The molecule has 0 spiro atoms. The van der Waals surface area contributed by atoms with E-state index < -0.39 is 6.61 Å². The second-order valence-corrected chi connectivity index (χ2v) is 6.85. The van der Waals surface area contributed by atoms with E-state index >= 15 is 0 Å². The Bertz CT molecular complexity index is 1040. The van der Waals surface area contributed by atoms with E-state index in [2.05, 4.69) is 21.1 Å². The molecule has 0 radical (unpaired) electrons. The van der Waals surface area contributed by atoms with Crippen LogP contribution in [0.1, 0.15) is 30.1 Å². The summed E-state index contributed by atoms with van der Waals surface area (Å²) in [6.07, 6.45) is 2.95. The summed E-state index contributed by atoms with van der Waals surface area (Å²) >= 11 is 0. The number of benzene rings is 2. The maximum atomic E-state index is 12.6. The summed E-state index contributed by atoms with van der Waals surface area (Å²) < 4.78 is 35.7. The molecule has 4 rings (SSSR count). The fourth-order valence-electron chi connectivity index (χ4n) is 3.62. The lowest BCUT2D eigenvalue weighted by molar-refractivity contribution is -0.0497. The maximum Gasteiger partial charge on any atom is 0.387 e. The van der Waals surface area contributed by atoms with Crippen molar-refractivity contribution in [3.63, 3.8) is 0 Å². The van der Waals surface area contributed by atoms with Crippen LogP contribution in [-0.4, -0.2) is 24.2 Å². The first-order chi connectivity index (χ1) is 14.1. The standard InChI is InChI=1S/C22H19F2N3O2/c23-22(24)29-17-6-7-19-18(11-17)21(15(12-25)13-26-19)27-16-8-9-28-20(10-16)14-4-2-1-3-5-14/h1-7,11,13,16,20,22H,8-10H2,(H,26,27). The Balaban J connectivity index is 1.64. The Kier molecular flexibility index (Phi) is 5.54. The van der Waals surface area contributed by atoms with Gasteiger partial charge in [-0.15, -0.1) is 0 Å². The minimum absolute atomic E-state index is 0.0292. The molecule has 1 saturated heterocycles. The number of pyridine rings is 1. The predicted octanol–water partition coefficient (Wildman–Crippen LogP) is 5.04. The number of aromatic nitrogens is 1. The molecule has 0 amide bonds. The zero-order valence-corrected chi connectivity index (χ0v) is 15.5. The lowest BCUT2D eigenvalue weighted by Gasteiger charge is -2.31. The highest BCUT2D eigenvalue weighted by molar-refractivity contribution is 5.95. The summed E-state index contributed by atoms with van der Waals surface area (Å²) in [7, 11) is 0. The number of rotatable bonds is 5. The normalized spacial score (nSPS) is 19.1. The Hall–Kier alpha value is -3.24. The maximum absolute atomic E-state index is 12.6. The molecule has 1 aliphatic rings. The predicted molar refractivity (Wildman–Crippen MR) is 105 cm³/mol. The fraction of sp³-hybridized carbons (Fsp3) is 0.273. The van der Waals surface area contributed by atoms with Gasteiger partial charge in [-0.25, -0.2) is 0 Å². The van der Waals surface area contributed by atoms with E-state index in [0.29, 0.717) is 28.8 Å². The van der Waals surface area contributed by atoms with Crippen LogP contribution < -0.4 is 10.1 Å². The number of ether oxygens (including phenoxy) is 2. The van der Waals surface area contributed by atoms with Gasteiger partial charge in [-0.2, -0.15) is 14.0 Å². The van der Waals surface area contributed by atoms with Gasteiger partial charge in [0, 0.05) is 24.2 Å². The number of alkyl halides is 2. The van der Waals surface area contributed by atoms with Crippen molar-refractivity contribution in [1.29, 1.82) is 5.26 Å². The van der Waals surface area contributed by atoms with Gasteiger partial charge in [0.15, 0.2) is 0 Å². The molecule has 1 fully saturated rings. The highest BCUT2D eigenvalue weighted by Gasteiger charge is 2.25. The van der Waals surface area contributed by atoms with Gasteiger partial charge in [0.05, 0.1) is 22.9 Å². The zero-order chi connectivity index (χ0) is 20.2. The molecule has 2 heterocycles. The van der Waals surface area contributed by atoms with Crippen molar-refractivity contribution in [2.75, 3.05) is 11.9 Å². The smallest absolute Gasteiger partial charge is 0.387 e. The van der Waals surface area contributed by atoms with E-state index in [9.17, 15) is 14.0 Å². The lowest BCUT2D eigenvalue weighted by Crippen LogP contribution is -2.30. The molecule has 3 aromatic rings. The molecule has 0 saturated carbocycles. The molecule has 1 N–H and O–H groups in total. The van der Waals surface area contributed by atoms with E-state index in [1.807, 2.05) is 30.3 Å². The van der Waals surface area contributed by atoms with Crippen LogP contribution in [0.25, 0.3) is 10.9 Å². The van der Waals surface area contributed by atoms with Gasteiger partial charge in [-0.3, -0.25) is 4.98 Å². The molecule has 2 atom stereocenters. The summed E-state index contributed by atoms with van der Waals surface area (Å²) in [6, 6.07) is 16.7. The molecule has 29 heavy (non-hydrogen) atoms. The molecule has 5 nitrogen and oxygen atoms in total. The number of hydrogen-bond donors (Lipinski definition) is 1. The zero-order valence-electron chi connectivity index (χ0n) is 15.5. The van der Waals surface area contributed by atoms with Crippen LogP contribution in [0, 0.1) is 11.3 Å². The Labute approximate surface area is 166 Å². The van der Waals surface area contributed by atoms with Gasteiger partial charge in [0.2, 0.25) is 0 Å². The van der Waals surface area contributed by atoms with Gasteiger partial charge in [0.25, 0.3) is 0 Å². The van der Waals surface area contributed by atoms with Crippen LogP contribution in [0.3, 0.4) is 0 Å². The van der Waals surface area contributed by atoms with Gasteiger partial charge in [0.1, 0.15) is 11.8 Å². The number of hydrogen-bond acceptors (Lipinski definition) is 5. The SMILES string of the molecule is N#Cc1cnc2ccc(OC(F)F)cc2c1NC1CCOC(c2ccccc2)C1. The third-order valence-electron chi connectivity index (χ3n) is 4.99. The third-order valence-corrected chi connectivity index (χ3v) is 4.99. The molecule has 7 heteroatoms. The molecule has 148 valence electrons. The first-order valence-corrected chi connectivity index (χ1v) is 9.35. The monoisotopic (exact) mass is 395 g/mol. The summed E-state index contributed by atoms with van der Waals surface area (Å²) in [5.41, 5.74) is 2.64. The van der Waals surface area contributed by atoms with Crippen LogP contribution in [0.15, 0.2) is 54.7 Å². The minimum atomic E-state index is -2.92. The quantitative estimate of drug-likeness (QED) is 0.656. The third kappa shape index (κ3) is 4.28. The molecule has 2 unspecified atom stereocenters. The summed E-state index contributed by atoms with van der Waals surface area (Å²) in [5, 5.41) is 13.6. The molecule has 1 aromatic heterocycles. The molecule has 0 bridgehead atoms. The van der Waals surface area contributed by atoms with E-state index in [1.54, 1.807) is 6.07 Å². The van der Waals surface area contributed by atoms with Crippen molar-refractivity contribution in [3.8, 4) is 11.8 Å². The number of fused-ring (bicyclic) bond motifs is 1. The van der Waals surface area contributed by atoms with Gasteiger partial charge in [-0.1, -0.05) is 30.3 Å². The van der Waals surface area contributed by atoms with E-state index in [1.165, 1.54) is 18.3 Å². The topological polar surface area (TPSA) is 67.2 Å². The lowest BCUT2D eigenvalue weighted by atomic mass is 9.96. The first kappa shape index (κ1) is 19.1. The van der Waals surface area contributed by atoms with Crippen LogP contribution >= 0.6 is 0 Å². The highest BCUT2D eigenvalue weighted by atomic mass is 19.3. The largest absolute Gasteiger partial charge is 0.435 e. The summed E-state index contributed by atoms with van der Waals surface area (Å²) in [5.74, 6) is 0.0292. The van der Waals surface area contributed by atoms with Crippen molar-refractivity contribution in [1.82, 2.24) is 4.98 Å². The Morgan fingerprint density at radius 1 is 1.21 bits per heavy atom. The first-order valence-electron chi connectivity index (χ1n) is 9.35. The molecular formula is C22H19F2N3O2. The van der Waals surface area contributed by atoms with E-state index in [0.717, 1.165) is 18.4 Å². The molecule has 0 aliphatic carbocycles.